The summed E-state index contributed by atoms with van der Waals surface area (Å²) in [5.41, 5.74) is 1.74. The minimum Gasteiger partial charge on any atom is -0.285 e. The minimum absolute atomic E-state index is 0.143. The molecule has 0 spiro atoms. The summed E-state index contributed by atoms with van der Waals surface area (Å²) in [4.78, 5) is 19.7. The number of ketones is 1. The zero-order chi connectivity index (χ0) is 10.7. The van der Waals surface area contributed by atoms with Gasteiger partial charge >= 0.3 is 0 Å². The lowest BCUT2D eigenvalue weighted by Crippen LogP contribution is -2.05. The van der Waals surface area contributed by atoms with Crippen LogP contribution in [0.3, 0.4) is 0 Å². The maximum atomic E-state index is 11.8. The van der Waals surface area contributed by atoms with Gasteiger partial charge in [-0.1, -0.05) is 29.8 Å². The molecule has 74 valence electrons. The van der Waals surface area contributed by atoms with Crippen molar-refractivity contribution in [2.75, 3.05) is 0 Å². The maximum Gasteiger partial charge on any atom is 0.230 e. The van der Waals surface area contributed by atoms with Gasteiger partial charge in [-0.25, -0.2) is 9.97 Å². The second-order valence-corrected chi connectivity index (χ2v) is 3.27. The van der Waals surface area contributed by atoms with Crippen LogP contribution in [-0.4, -0.2) is 15.8 Å². The number of hydrogen-bond donors (Lipinski definition) is 0. The van der Waals surface area contributed by atoms with Gasteiger partial charge in [-0.15, -0.1) is 0 Å². The summed E-state index contributed by atoms with van der Waals surface area (Å²) in [6.45, 7) is 1.98. The van der Waals surface area contributed by atoms with Gasteiger partial charge in [0.2, 0.25) is 11.6 Å². The number of aryl methyl sites for hydroxylation is 1. The second kappa shape index (κ2) is 4.00. The Morgan fingerprint density at radius 1 is 1.07 bits per heavy atom. The Morgan fingerprint density at radius 2 is 1.67 bits per heavy atom. The van der Waals surface area contributed by atoms with E-state index in [9.17, 15) is 4.79 Å². The Kier molecular flexibility index (Phi) is 2.54. The molecule has 2 rings (SSSR count). The molecule has 0 bridgehead atoms. The molecule has 3 heteroatoms. The van der Waals surface area contributed by atoms with E-state index >= 15 is 0 Å². The molecule has 0 atom stereocenters. The molecule has 0 saturated carbocycles. The molecule has 0 amide bonds. The number of benzene rings is 1. The summed E-state index contributed by atoms with van der Waals surface area (Å²) < 4.78 is 0. The third kappa shape index (κ3) is 2.07. The fourth-order valence-electron chi connectivity index (χ4n) is 1.25. The zero-order valence-corrected chi connectivity index (χ0v) is 8.34. The first-order chi connectivity index (χ1) is 7.27. The number of rotatable bonds is 2. The SMILES string of the molecule is Cc1ccc(C(=O)c2ncccn2)cc1. The van der Waals surface area contributed by atoms with Crippen LogP contribution in [0, 0.1) is 6.92 Å². The Morgan fingerprint density at radius 3 is 2.27 bits per heavy atom. The van der Waals surface area contributed by atoms with Gasteiger partial charge in [-0.05, 0) is 13.0 Å². The van der Waals surface area contributed by atoms with Crippen molar-refractivity contribution in [3.8, 4) is 0 Å². The van der Waals surface area contributed by atoms with Crippen LogP contribution in [0.2, 0.25) is 0 Å². The molecule has 1 aromatic carbocycles. The fourth-order valence-corrected chi connectivity index (χ4v) is 1.25. The highest BCUT2D eigenvalue weighted by molar-refractivity contribution is 6.06. The molecule has 1 heterocycles. The summed E-state index contributed by atoms with van der Waals surface area (Å²) in [5, 5.41) is 0. The third-order valence-electron chi connectivity index (χ3n) is 2.08. The van der Waals surface area contributed by atoms with Gasteiger partial charge < -0.3 is 0 Å². The monoisotopic (exact) mass is 198 g/mol. The molecule has 0 unspecified atom stereocenters. The average Bonchev–Trinajstić information content (AvgIpc) is 2.30. The molecule has 0 radical (unpaired) electrons. The van der Waals surface area contributed by atoms with Crippen molar-refractivity contribution in [2.45, 2.75) is 6.92 Å². The number of nitrogens with zero attached hydrogens (tertiary/aromatic N) is 2. The predicted octanol–water partition coefficient (Wildman–Crippen LogP) is 2.02. The van der Waals surface area contributed by atoms with Crippen LogP contribution >= 0.6 is 0 Å². The van der Waals surface area contributed by atoms with Crippen LogP contribution in [0.1, 0.15) is 21.7 Å². The van der Waals surface area contributed by atoms with Crippen LogP contribution in [0.25, 0.3) is 0 Å². The largest absolute Gasteiger partial charge is 0.285 e. The molecule has 0 aliphatic rings. The highest BCUT2D eigenvalue weighted by Crippen LogP contribution is 2.07. The van der Waals surface area contributed by atoms with E-state index in [0.717, 1.165) is 5.56 Å². The summed E-state index contributed by atoms with van der Waals surface area (Å²) in [6.07, 6.45) is 3.13. The van der Waals surface area contributed by atoms with Gasteiger partial charge in [-0.2, -0.15) is 0 Å². The topological polar surface area (TPSA) is 42.9 Å². The summed E-state index contributed by atoms with van der Waals surface area (Å²) in [6, 6.07) is 9.06. The van der Waals surface area contributed by atoms with Gasteiger partial charge in [0.15, 0.2) is 0 Å². The van der Waals surface area contributed by atoms with Crippen LogP contribution in [0.5, 0.6) is 0 Å². The normalized spacial score (nSPS) is 9.93. The Balaban J connectivity index is 2.33. The molecule has 15 heavy (non-hydrogen) atoms. The zero-order valence-electron chi connectivity index (χ0n) is 8.34. The number of carbonyl (C=O) groups excluding carboxylic acids is 1. The molecular formula is C12H10N2O. The quantitative estimate of drug-likeness (QED) is 0.693. The minimum atomic E-state index is -0.143. The summed E-state index contributed by atoms with van der Waals surface area (Å²) >= 11 is 0. The molecule has 0 saturated heterocycles. The van der Waals surface area contributed by atoms with Crippen molar-refractivity contribution < 1.29 is 4.79 Å². The van der Waals surface area contributed by atoms with Gasteiger partial charge in [0.05, 0.1) is 0 Å². The number of hydrogen-bond acceptors (Lipinski definition) is 3. The Bertz CT molecular complexity index is 463. The van der Waals surface area contributed by atoms with Crippen LogP contribution < -0.4 is 0 Å². The van der Waals surface area contributed by atoms with E-state index < -0.39 is 0 Å². The summed E-state index contributed by atoms with van der Waals surface area (Å²) in [7, 11) is 0. The molecule has 2 aromatic rings. The first-order valence-corrected chi connectivity index (χ1v) is 4.66. The predicted molar refractivity (Wildman–Crippen MR) is 56.6 cm³/mol. The first kappa shape index (κ1) is 9.52. The van der Waals surface area contributed by atoms with Crippen LogP contribution in [0.15, 0.2) is 42.7 Å². The highest BCUT2D eigenvalue weighted by Gasteiger charge is 2.10. The molecule has 3 nitrogen and oxygen atoms in total. The van der Waals surface area contributed by atoms with Gasteiger partial charge in [0.25, 0.3) is 0 Å². The molecule has 1 aromatic heterocycles. The van der Waals surface area contributed by atoms with Crippen molar-refractivity contribution in [3.05, 3.63) is 59.7 Å². The van der Waals surface area contributed by atoms with E-state index in [-0.39, 0.29) is 11.6 Å². The van der Waals surface area contributed by atoms with E-state index in [2.05, 4.69) is 9.97 Å². The first-order valence-electron chi connectivity index (χ1n) is 4.66. The van der Waals surface area contributed by atoms with E-state index in [1.807, 2.05) is 19.1 Å². The van der Waals surface area contributed by atoms with Crippen molar-refractivity contribution >= 4 is 5.78 Å². The lowest BCUT2D eigenvalue weighted by Gasteiger charge is -1.99. The Labute approximate surface area is 87.8 Å². The lowest BCUT2D eigenvalue weighted by molar-refractivity contribution is 0.102. The molecule has 0 aliphatic heterocycles. The average molecular weight is 198 g/mol. The van der Waals surface area contributed by atoms with E-state index in [1.54, 1.807) is 30.6 Å². The van der Waals surface area contributed by atoms with Crippen molar-refractivity contribution in [1.29, 1.82) is 0 Å². The van der Waals surface area contributed by atoms with Crippen molar-refractivity contribution in [3.63, 3.8) is 0 Å². The number of carbonyl (C=O) groups is 1. The van der Waals surface area contributed by atoms with Gasteiger partial charge in [0, 0.05) is 18.0 Å². The van der Waals surface area contributed by atoms with E-state index in [1.165, 1.54) is 0 Å². The number of aromatic nitrogens is 2. The van der Waals surface area contributed by atoms with Crippen molar-refractivity contribution in [1.82, 2.24) is 9.97 Å². The molecule has 0 aliphatic carbocycles. The van der Waals surface area contributed by atoms with E-state index in [0.29, 0.717) is 5.56 Å². The lowest BCUT2D eigenvalue weighted by atomic mass is 10.1. The molecule has 0 N–H and O–H groups in total. The standard InChI is InChI=1S/C12H10N2O/c1-9-3-5-10(6-4-9)11(15)12-13-7-2-8-14-12/h2-8H,1H3. The van der Waals surface area contributed by atoms with E-state index in [4.69, 9.17) is 0 Å². The van der Waals surface area contributed by atoms with Crippen LogP contribution in [-0.2, 0) is 0 Å². The molecular weight excluding hydrogens is 188 g/mol. The van der Waals surface area contributed by atoms with Gasteiger partial charge in [0.1, 0.15) is 0 Å². The fraction of sp³-hybridized carbons (Fsp3) is 0.0833. The van der Waals surface area contributed by atoms with Gasteiger partial charge in [-0.3, -0.25) is 4.79 Å². The molecule has 0 fully saturated rings. The Hall–Kier alpha value is -2.03. The second-order valence-electron chi connectivity index (χ2n) is 3.27. The highest BCUT2D eigenvalue weighted by atomic mass is 16.1. The van der Waals surface area contributed by atoms with Crippen molar-refractivity contribution in [2.24, 2.45) is 0 Å². The summed E-state index contributed by atoms with van der Waals surface area (Å²) in [5.74, 6) is 0.0944. The van der Waals surface area contributed by atoms with Crippen LogP contribution in [0.4, 0.5) is 0 Å². The third-order valence-corrected chi connectivity index (χ3v) is 2.08. The maximum absolute atomic E-state index is 11.8. The smallest absolute Gasteiger partial charge is 0.230 e.